The smallest absolute Gasteiger partial charge is 0.329 e. The molecule has 1 saturated heterocycles. The first-order valence-electron chi connectivity index (χ1n) is 9.24. The molecule has 7 nitrogen and oxygen atoms in total. The lowest BCUT2D eigenvalue weighted by atomic mass is 10.1. The highest BCUT2D eigenvalue weighted by Crippen LogP contribution is 2.16. The SMILES string of the molecule is O=C(NCCC[NH+]1CCOCC1)C(=O)N/N=C\c1cccc2ccccc12. The van der Waals surface area contributed by atoms with Gasteiger partial charge in [0.15, 0.2) is 0 Å². The molecule has 0 aromatic heterocycles. The summed E-state index contributed by atoms with van der Waals surface area (Å²) < 4.78 is 5.31. The summed E-state index contributed by atoms with van der Waals surface area (Å²) in [4.78, 5) is 25.1. The summed E-state index contributed by atoms with van der Waals surface area (Å²) in [5, 5.41) is 8.67. The molecule has 0 saturated carbocycles. The summed E-state index contributed by atoms with van der Waals surface area (Å²) in [5.74, 6) is -1.42. The highest BCUT2D eigenvalue weighted by atomic mass is 16.5. The first-order valence-corrected chi connectivity index (χ1v) is 9.24. The van der Waals surface area contributed by atoms with Gasteiger partial charge in [0, 0.05) is 18.5 Å². The molecule has 0 radical (unpaired) electrons. The highest BCUT2D eigenvalue weighted by molar-refractivity contribution is 6.35. The lowest BCUT2D eigenvalue weighted by molar-refractivity contribution is -0.908. The maximum Gasteiger partial charge on any atom is 0.329 e. The summed E-state index contributed by atoms with van der Waals surface area (Å²) in [6.07, 6.45) is 2.38. The van der Waals surface area contributed by atoms with Crippen LogP contribution in [0.3, 0.4) is 0 Å². The fourth-order valence-corrected chi connectivity index (χ4v) is 3.10. The number of amides is 2. The molecule has 1 aliphatic rings. The van der Waals surface area contributed by atoms with Crippen LogP contribution in [0.25, 0.3) is 10.8 Å². The molecule has 0 spiro atoms. The summed E-state index contributed by atoms with van der Waals surface area (Å²) >= 11 is 0. The Bertz CT molecular complexity index is 810. The largest absolute Gasteiger partial charge is 0.370 e. The van der Waals surface area contributed by atoms with Crippen LogP contribution < -0.4 is 15.6 Å². The third kappa shape index (κ3) is 5.60. The molecule has 3 N–H and O–H groups in total. The molecule has 0 aliphatic carbocycles. The number of carbonyl (C=O) groups excluding carboxylic acids is 2. The highest BCUT2D eigenvalue weighted by Gasteiger charge is 2.15. The molecule has 1 aliphatic heterocycles. The van der Waals surface area contributed by atoms with Crippen LogP contribution in [-0.4, -0.2) is 57.4 Å². The molecule has 27 heavy (non-hydrogen) atoms. The zero-order valence-electron chi connectivity index (χ0n) is 15.2. The van der Waals surface area contributed by atoms with Crippen molar-refractivity contribution >= 4 is 28.8 Å². The monoisotopic (exact) mass is 369 g/mol. The standard InChI is InChI=1S/C20H24N4O3/c25-19(21-9-4-10-24-11-13-27-14-12-24)20(26)23-22-15-17-7-3-6-16-5-1-2-8-18(16)17/h1-3,5-8,15H,4,9-14H2,(H,21,25)(H,23,26)/p+1/b22-15-. The Hall–Kier alpha value is -2.77. The van der Waals surface area contributed by atoms with Crippen LogP contribution in [0.15, 0.2) is 47.6 Å². The van der Waals surface area contributed by atoms with Gasteiger partial charge in [0.2, 0.25) is 0 Å². The third-order valence-electron chi connectivity index (χ3n) is 4.59. The fraction of sp³-hybridized carbons (Fsp3) is 0.350. The van der Waals surface area contributed by atoms with Crippen LogP contribution in [0.4, 0.5) is 0 Å². The van der Waals surface area contributed by atoms with E-state index >= 15 is 0 Å². The minimum absolute atomic E-state index is 0.476. The van der Waals surface area contributed by atoms with Crippen LogP contribution in [0.5, 0.6) is 0 Å². The van der Waals surface area contributed by atoms with Crippen LogP contribution >= 0.6 is 0 Å². The fourth-order valence-electron chi connectivity index (χ4n) is 3.10. The summed E-state index contributed by atoms with van der Waals surface area (Å²) in [7, 11) is 0. The third-order valence-corrected chi connectivity index (χ3v) is 4.59. The molecule has 0 bridgehead atoms. The molecule has 7 heteroatoms. The topological polar surface area (TPSA) is 84.2 Å². The van der Waals surface area contributed by atoms with E-state index in [0.717, 1.165) is 55.6 Å². The number of hydrazone groups is 1. The molecule has 2 aromatic rings. The van der Waals surface area contributed by atoms with E-state index in [-0.39, 0.29) is 0 Å². The number of nitrogens with zero attached hydrogens (tertiary/aromatic N) is 1. The Morgan fingerprint density at radius 3 is 2.70 bits per heavy atom. The number of carbonyl (C=O) groups is 2. The van der Waals surface area contributed by atoms with Crippen molar-refractivity contribution in [1.82, 2.24) is 10.7 Å². The van der Waals surface area contributed by atoms with Gasteiger partial charge in [-0.05, 0) is 10.8 Å². The Labute approximate surface area is 158 Å². The number of quaternary nitrogens is 1. The van der Waals surface area contributed by atoms with Gasteiger partial charge < -0.3 is 15.0 Å². The maximum absolute atomic E-state index is 11.8. The first-order chi connectivity index (χ1) is 13.2. The number of hydrogen-bond acceptors (Lipinski definition) is 4. The van der Waals surface area contributed by atoms with Gasteiger partial charge >= 0.3 is 11.8 Å². The van der Waals surface area contributed by atoms with Crippen molar-refractivity contribution in [2.45, 2.75) is 6.42 Å². The minimum Gasteiger partial charge on any atom is -0.370 e. The van der Waals surface area contributed by atoms with Gasteiger partial charge in [-0.3, -0.25) is 9.59 Å². The first kappa shape index (κ1) is 19.0. The van der Waals surface area contributed by atoms with E-state index < -0.39 is 11.8 Å². The predicted molar refractivity (Wildman–Crippen MR) is 104 cm³/mol. The second-order valence-corrected chi connectivity index (χ2v) is 6.49. The molecule has 2 aromatic carbocycles. The molecular formula is C20H25N4O3+. The maximum atomic E-state index is 11.8. The van der Waals surface area contributed by atoms with E-state index in [2.05, 4.69) is 15.8 Å². The number of hydrogen-bond donors (Lipinski definition) is 3. The predicted octanol–water partition coefficient (Wildman–Crippen LogP) is -0.289. The summed E-state index contributed by atoms with van der Waals surface area (Å²) in [6, 6.07) is 13.8. The van der Waals surface area contributed by atoms with E-state index in [1.807, 2.05) is 42.5 Å². The summed E-state index contributed by atoms with van der Waals surface area (Å²) in [5.41, 5.74) is 3.16. The van der Waals surface area contributed by atoms with Gasteiger partial charge in [-0.15, -0.1) is 0 Å². The van der Waals surface area contributed by atoms with Crippen molar-refractivity contribution in [3.63, 3.8) is 0 Å². The van der Waals surface area contributed by atoms with Gasteiger partial charge in [0.25, 0.3) is 0 Å². The van der Waals surface area contributed by atoms with E-state index in [0.29, 0.717) is 6.54 Å². The van der Waals surface area contributed by atoms with Crippen molar-refractivity contribution in [3.05, 3.63) is 48.0 Å². The van der Waals surface area contributed by atoms with Gasteiger partial charge in [0.1, 0.15) is 13.1 Å². The zero-order valence-corrected chi connectivity index (χ0v) is 15.2. The van der Waals surface area contributed by atoms with E-state index in [4.69, 9.17) is 4.74 Å². The number of benzene rings is 2. The number of morpholine rings is 1. The minimum atomic E-state index is -0.759. The van der Waals surface area contributed by atoms with Gasteiger partial charge in [-0.25, -0.2) is 5.43 Å². The molecule has 2 amide bonds. The Kier molecular flexibility index (Phi) is 6.90. The molecular weight excluding hydrogens is 344 g/mol. The average molecular weight is 369 g/mol. The number of ether oxygens (including phenoxy) is 1. The number of fused-ring (bicyclic) bond motifs is 1. The molecule has 1 fully saturated rings. The quantitative estimate of drug-likeness (QED) is 0.283. The second-order valence-electron chi connectivity index (χ2n) is 6.49. The van der Waals surface area contributed by atoms with Gasteiger partial charge in [-0.1, -0.05) is 42.5 Å². The zero-order chi connectivity index (χ0) is 18.9. The Morgan fingerprint density at radius 1 is 1.07 bits per heavy atom. The van der Waals surface area contributed by atoms with Crippen LogP contribution in [0.2, 0.25) is 0 Å². The van der Waals surface area contributed by atoms with Gasteiger partial charge in [-0.2, -0.15) is 5.10 Å². The average Bonchev–Trinajstić information content (AvgIpc) is 2.72. The second kappa shape index (κ2) is 9.80. The number of rotatable bonds is 6. The normalized spacial score (nSPS) is 15.1. The molecule has 0 unspecified atom stereocenters. The molecule has 3 rings (SSSR count). The van der Waals surface area contributed by atoms with E-state index in [9.17, 15) is 9.59 Å². The van der Waals surface area contributed by atoms with Crippen LogP contribution in [0.1, 0.15) is 12.0 Å². The van der Waals surface area contributed by atoms with Crippen molar-refractivity contribution in [2.75, 3.05) is 39.4 Å². The van der Waals surface area contributed by atoms with Gasteiger partial charge in [0.05, 0.1) is 26.0 Å². The van der Waals surface area contributed by atoms with Crippen molar-refractivity contribution < 1.29 is 19.2 Å². The molecule has 142 valence electrons. The van der Waals surface area contributed by atoms with Crippen molar-refractivity contribution in [2.24, 2.45) is 5.10 Å². The van der Waals surface area contributed by atoms with Crippen molar-refractivity contribution in [1.29, 1.82) is 0 Å². The lowest BCUT2D eigenvalue weighted by Crippen LogP contribution is -3.14. The molecule has 1 heterocycles. The Morgan fingerprint density at radius 2 is 1.85 bits per heavy atom. The van der Waals surface area contributed by atoms with E-state index in [1.54, 1.807) is 6.21 Å². The Balaban J connectivity index is 1.41. The lowest BCUT2D eigenvalue weighted by Gasteiger charge is -2.23. The number of nitrogens with one attached hydrogen (secondary N) is 3. The summed E-state index contributed by atoms with van der Waals surface area (Å²) in [6.45, 7) is 5.01. The van der Waals surface area contributed by atoms with Crippen LogP contribution in [-0.2, 0) is 14.3 Å². The van der Waals surface area contributed by atoms with E-state index in [1.165, 1.54) is 4.90 Å². The van der Waals surface area contributed by atoms with Crippen LogP contribution in [0, 0.1) is 0 Å². The van der Waals surface area contributed by atoms with Crippen molar-refractivity contribution in [3.8, 4) is 0 Å². The molecule has 0 atom stereocenters.